The molecule has 0 radical (unpaired) electrons. The van der Waals surface area contributed by atoms with Crippen molar-refractivity contribution in [1.29, 1.82) is 0 Å². The maximum absolute atomic E-state index is 9.61. The van der Waals surface area contributed by atoms with E-state index in [1.165, 1.54) is 18.9 Å². The quantitative estimate of drug-likeness (QED) is 0.554. The van der Waals surface area contributed by atoms with Gasteiger partial charge in [-0.1, -0.05) is 41.5 Å². The third-order valence-electron chi connectivity index (χ3n) is 8.63. The van der Waals surface area contributed by atoms with Gasteiger partial charge >= 0.3 is 0 Å². The molecule has 6 rings (SSSR count). The zero-order valence-corrected chi connectivity index (χ0v) is 19.0. The van der Waals surface area contributed by atoms with Gasteiger partial charge in [-0.2, -0.15) is 0 Å². The Morgan fingerprint density at radius 1 is 0.808 bits per heavy atom. The van der Waals surface area contributed by atoms with Crippen LogP contribution in [0.5, 0.6) is 0 Å². The summed E-state index contributed by atoms with van der Waals surface area (Å²) in [5.41, 5.74) is 1.05. The second-order valence-electron chi connectivity index (χ2n) is 10.3. The first-order chi connectivity index (χ1) is 11.5. The third-order valence-corrected chi connectivity index (χ3v) is 8.63. The summed E-state index contributed by atoms with van der Waals surface area (Å²) < 4.78 is 0. The fourth-order valence-electron chi connectivity index (χ4n) is 6.25. The number of hydrogen-bond donors (Lipinski definition) is 2. The van der Waals surface area contributed by atoms with Gasteiger partial charge in [0.25, 0.3) is 0 Å². The Morgan fingerprint density at radius 3 is 1.23 bits per heavy atom. The van der Waals surface area contributed by atoms with Crippen LogP contribution >= 0.6 is 0 Å². The number of fused-ring (bicyclic) bond motifs is 4. The van der Waals surface area contributed by atoms with E-state index in [4.69, 9.17) is 0 Å². The summed E-state index contributed by atoms with van der Waals surface area (Å²) in [6.45, 7) is 20.3. The van der Waals surface area contributed by atoms with Crippen molar-refractivity contribution in [2.24, 2.45) is 46.3 Å². The molecule has 0 saturated heterocycles. The summed E-state index contributed by atoms with van der Waals surface area (Å²) in [6, 6.07) is 0. The molecule has 6 fully saturated rings. The molecular formula is C23H41CrO2-. The molecule has 0 amide bonds. The molecule has 2 N–H and O–H groups in total. The average Bonchev–Trinajstić information content (AvgIpc) is 2.52. The summed E-state index contributed by atoms with van der Waals surface area (Å²) in [5.74, 6) is 4.26. The molecule has 2 nitrogen and oxygen atoms in total. The first-order valence-corrected chi connectivity index (χ1v) is 10.2. The van der Waals surface area contributed by atoms with Gasteiger partial charge in [-0.25, -0.2) is 19.6 Å². The summed E-state index contributed by atoms with van der Waals surface area (Å²) in [6.07, 6.45) is 6.31. The van der Waals surface area contributed by atoms with Gasteiger partial charge in [0.15, 0.2) is 0 Å². The second kappa shape index (κ2) is 8.61. The first-order valence-electron chi connectivity index (χ1n) is 10.2. The molecule has 6 aliphatic rings. The van der Waals surface area contributed by atoms with E-state index < -0.39 is 0 Å². The average molecular weight is 402 g/mol. The standard InChI is InChI=1S/2C10H18O.C3H5.Cr/c2*1-6-8-4-7(5-9(6)11)10(8,2)3;1-3-2;/h2*6-9,11H,4-5H2,1-3H3;3H,1-2H2;/q;;-1;/t2*6-,7+,8-,9-;;/m11../s1. The topological polar surface area (TPSA) is 40.5 Å². The summed E-state index contributed by atoms with van der Waals surface area (Å²) >= 11 is 0. The Bertz CT molecular complexity index is 433. The Balaban J connectivity index is 0.000000219. The van der Waals surface area contributed by atoms with Gasteiger partial charge < -0.3 is 10.2 Å². The molecule has 0 heterocycles. The van der Waals surface area contributed by atoms with Crippen LogP contribution in [-0.2, 0) is 17.4 Å². The predicted octanol–water partition coefficient (Wildman–Crippen LogP) is 5.10. The fourth-order valence-corrected chi connectivity index (χ4v) is 6.25. The molecular weight excluding hydrogens is 360 g/mol. The number of aliphatic hydroxyl groups is 2. The molecule has 6 aliphatic carbocycles. The minimum absolute atomic E-state index is 0. The Labute approximate surface area is 173 Å². The largest absolute Gasteiger partial charge is 0.393 e. The van der Waals surface area contributed by atoms with Crippen molar-refractivity contribution in [2.75, 3.05) is 0 Å². The van der Waals surface area contributed by atoms with E-state index in [0.717, 1.165) is 36.5 Å². The van der Waals surface area contributed by atoms with E-state index >= 15 is 0 Å². The Kier molecular flexibility index (Phi) is 7.98. The van der Waals surface area contributed by atoms with Crippen molar-refractivity contribution in [1.82, 2.24) is 0 Å². The number of allylic oxidation sites excluding steroid dienone is 1. The molecule has 4 bridgehead atoms. The summed E-state index contributed by atoms with van der Waals surface area (Å²) in [7, 11) is 0. The molecule has 26 heavy (non-hydrogen) atoms. The van der Waals surface area contributed by atoms with Gasteiger partial charge in [0, 0.05) is 17.4 Å². The SMILES string of the molecule is C=C[CH2-].C[C@H]1[C@H](O)C[C@@H]2C[C@H]1C2(C)C.C[C@H]1[C@H](O)C[C@@H]2C[C@H]1C2(C)C.[Cr]. The second-order valence-corrected chi connectivity index (χ2v) is 10.3. The molecule has 0 aromatic heterocycles. The van der Waals surface area contributed by atoms with Gasteiger partial charge in [0.05, 0.1) is 12.2 Å². The predicted molar refractivity (Wildman–Crippen MR) is 106 cm³/mol. The monoisotopic (exact) mass is 401 g/mol. The van der Waals surface area contributed by atoms with Crippen LogP contribution in [0.25, 0.3) is 0 Å². The maximum Gasteiger partial charge on any atom is 0.0571 e. The van der Waals surface area contributed by atoms with E-state index in [2.05, 4.69) is 55.0 Å². The molecule has 0 aromatic carbocycles. The van der Waals surface area contributed by atoms with Gasteiger partial charge in [-0.15, -0.1) is 0 Å². The van der Waals surface area contributed by atoms with Crippen LogP contribution in [0.1, 0.15) is 67.2 Å². The van der Waals surface area contributed by atoms with Crippen molar-refractivity contribution in [3.05, 3.63) is 19.6 Å². The van der Waals surface area contributed by atoms with E-state index in [-0.39, 0.29) is 29.6 Å². The third kappa shape index (κ3) is 4.07. The van der Waals surface area contributed by atoms with Crippen LogP contribution in [0, 0.1) is 53.3 Å². The minimum atomic E-state index is -0.00762. The minimum Gasteiger partial charge on any atom is -0.393 e. The normalized spacial score (nSPS) is 45.7. The van der Waals surface area contributed by atoms with E-state index in [0.29, 0.717) is 22.7 Å². The van der Waals surface area contributed by atoms with Crippen molar-refractivity contribution in [3.8, 4) is 0 Å². The molecule has 0 unspecified atom stereocenters. The number of rotatable bonds is 0. The summed E-state index contributed by atoms with van der Waals surface area (Å²) in [4.78, 5) is 0. The number of aliphatic hydroxyl groups excluding tert-OH is 2. The molecule has 0 aromatic rings. The van der Waals surface area contributed by atoms with Crippen LogP contribution in [0.3, 0.4) is 0 Å². The zero-order chi connectivity index (χ0) is 19.2. The van der Waals surface area contributed by atoms with Crippen LogP contribution in [-0.4, -0.2) is 22.4 Å². The smallest absolute Gasteiger partial charge is 0.0571 e. The van der Waals surface area contributed by atoms with Gasteiger partial charge in [-0.05, 0) is 72.0 Å². The van der Waals surface area contributed by atoms with Crippen LogP contribution in [0.4, 0.5) is 0 Å². The van der Waals surface area contributed by atoms with Gasteiger partial charge in [0.2, 0.25) is 0 Å². The fraction of sp³-hybridized carbons (Fsp3) is 0.870. The van der Waals surface area contributed by atoms with Crippen molar-refractivity contribution in [3.63, 3.8) is 0 Å². The van der Waals surface area contributed by atoms with Gasteiger partial charge in [0.1, 0.15) is 0 Å². The summed E-state index contributed by atoms with van der Waals surface area (Å²) in [5, 5.41) is 19.2. The molecule has 6 saturated carbocycles. The molecule has 0 aliphatic heterocycles. The van der Waals surface area contributed by atoms with Crippen molar-refractivity contribution < 1.29 is 27.6 Å². The van der Waals surface area contributed by atoms with Crippen molar-refractivity contribution >= 4 is 0 Å². The van der Waals surface area contributed by atoms with Gasteiger partial charge in [-0.3, -0.25) is 0 Å². The molecule has 8 atom stereocenters. The number of hydrogen-bond acceptors (Lipinski definition) is 2. The molecule has 3 heteroatoms. The van der Waals surface area contributed by atoms with E-state index in [1.807, 2.05) is 0 Å². The van der Waals surface area contributed by atoms with Crippen LogP contribution < -0.4 is 0 Å². The molecule has 152 valence electrons. The van der Waals surface area contributed by atoms with E-state index in [1.54, 1.807) is 0 Å². The van der Waals surface area contributed by atoms with Crippen molar-refractivity contribution in [2.45, 2.75) is 79.4 Å². The molecule has 0 spiro atoms. The van der Waals surface area contributed by atoms with Crippen LogP contribution in [0.15, 0.2) is 12.7 Å². The zero-order valence-electron chi connectivity index (χ0n) is 17.7. The Hall–Kier alpha value is 0.0625. The van der Waals surface area contributed by atoms with E-state index in [9.17, 15) is 10.2 Å². The first kappa shape index (κ1) is 24.1. The maximum atomic E-state index is 9.61. The Morgan fingerprint density at radius 2 is 1.08 bits per heavy atom. The van der Waals surface area contributed by atoms with Crippen LogP contribution in [0.2, 0.25) is 0 Å².